The van der Waals surface area contributed by atoms with Gasteiger partial charge in [0.05, 0.1) is 22.4 Å². The minimum atomic E-state index is -0.363. The zero-order valence-corrected chi connectivity index (χ0v) is 19.0. The fraction of sp³-hybridized carbons (Fsp3) is 0.654. The van der Waals surface area contributed by atoms with E-state index in [-0.39, 0.29) is 22.1 Å². The van der Waals surface area contributed by atoms with Gasteiger partial charge in [-0.25, -0.2) is 4.68 Å². The minimum absolute atomic E-state index is 0.108. The van der Waals surface area contributed by atoms with Gasteiger partial charge in [0.25, 0.3) is 5.69 Å². The molecule has 0 radical (unpaired) electrons. The van der Waals surface area contributed by atoms with Gasteiger partial charge >= 0.3 is 0 Å². The molecule has 1 heterocycles. The number of nitro benzene ring substituents is 1. The van der Waals surface area contributed by atoms with E-state index < -0.39 is 0 Å². The number of benzene rings is 1. The molecule has 170 valence electrons. The molecular weight excluding hydrogens is 402 g/mol. The van der Waals surface area contributed by atoms with Crippen molar-refractivity contribution in [3.8, 4) is 5.69 Å². The predicted molar refractivity (Wildman–Crippen MR) is 122 cm³/mol. The molecule has 0 saturated heterocycles. The van der Waals surface area contributed by atoms with E-state index in [4.69, 9.17) is 5.10 Å². The summed E-state index contributed by atoms with van der Waals surface area (Å²) in [6.07, 6.45) is 11.3. The molecule has 3 fully saturated rings. The highest BCUT2D eigenvalue weighted by Gasteiger charge is 2.60. The van der Waals surface area contributed by atoms with Crippen LogP contribution in [0.5, 0.6) is 0 Å². The molecule has 2 aromatic rings. The van der Waals surface area contributed by atoms with Gasteiger partial charge in [0.1, 0.15) is 0 Å². The monoisotopic (exact) mass is 435 g/mol. The lowest BCUT2D eigenvalue weighted by Crippen LogP contribution is -2.54. The van der Waals surface area contributed by atoms with Crippen molar-refractivity contribution >= 4 is 5.69 Å². The fourth-order valence-electron chi connectivity index (χ4n) is 8.39. The van der Waals surface area contributed by atoms with Gasteiger partial charge in [-0.15, -0.1) is 0 Å². The molecule has 4 aliphatic rings. The third kappa shape index (κ3) is 2.77. The Balaban J connectivity index is 1.29. The number of aromatic nitrogens is 2. The van der Waals surface area contributed by atoms with Crippen LogP contribution in [0.25, 0.3) is 5.69 Å². The van der Waals surface area contributed by atoms with Crippen molar-refractivity contribution in [3.05, 3.63) is 51.8 Å². The Morgan fingerprint density at radius 2 is 1.81 bits per heavy atom. The van der Waals surface area contributed by atoms with Gasteiger partial charge in [0, 0.05) is 18.3 Å². The van der Waals surface area contributed by atoms with Crippen LogP contribution in [0.15, 0.2) is 30.5 Å². The quantitative estimate of drug-likeness (QED) is 0.526. The zero-order chi connectivity index (χ0) is 22.3. The van der Waals surface area contributed by atoms with E-state index in [0.717, 1.165) is 43.2 Å². The van der Waals surface area contributed by atoms with Crippen LogP contribution < -0.4 is 0 Å². The van der Waals surface area contributed by atoms with Gasteiger partial charge in [-0.05, 0) is 104 Å². The lowest BCUT2D eigenvalue weighted by Gasteiger charge is -2.59. The average Bonchev–Trinajstić information content (AvgIpc) is 3.31. The summed E-state index contributed by atoms with van der Waals surface area (Å²) < 4.78 is 1.91. The molecule has 7 atom stereocenters. The van der Waals surface area contributed by atoms with Crippen molar-refractivity contribution in [2.24, 2.45) is 34.5 Å². The molecule has 32 heavy (non-hydrogen) atoms. The summed E-state index contributed by atoms with van der Waals surface area (Å²) >= 11 is 0. The molecule has 1 N–H and O–H groups in total. The van der Waals surface area contributed by atoms with E-state index in [1.807, 2.05) is 4.68 Å². The summed E-state index contributed by atoms with van der Waals surface area (Å²) in [5.41, 5.74) is 3.98. The van der Waals surface area contributed by atoms with E-state index >= 15 is 0 Å². The average molecular weight is 436 g/mol. The van der Waals surface area contributed by atoms with Crippen LogP contribution in [0.2, 0.25) is 0 Å². The number of non-ortho nitro benzene ring substituents is 1. The third-order valence-electron chi connectivity index (χ3n) is 10.2. The summed E-state index contributed by atoms with van der Waals surface area (Å²) in [4.78, 5) is 10.6. The van der Waals surface area contributed by atoms with Crippen molar-refractivity contribution in [3.63, 3.8) is 0 Å². The van der Waals surface area contributed by atoms with Crippen LogP contribution in [-0.4, -0.2) is 25.9 Å². The number of fused-ring (bicyclic) bond motifs is 6. The lowest BCUT2D eigenvalue weighted by molar-refractivity contribution is -0.384. The number of nitrogens with zero attached hydrogens (tertiary/aromatic N) is 3. The zero-order valence-electron chi connectivity index (χ0n) is 19.0. The highest BCUT2D eigenvalue weighted by atomic mass is 16.6. The first-order valence-corrected chi connectivity index (χ1v) is 12.3. The van der Waals surface area contributed by atoms with Crippen LogP contribution in [0.4, 0.5) is 5.69 Å². The van der Waals surface area contributed by atoms with Crippen molar-refractivity contribution < 1.29 is 10.0 Å². The Bertz CT molecular complexity index is 1060. The molecule has 0 unspecified atom stereocenters. The third-order valence-corrected chi connectivity index (χ3v) is 10.2. The standard InChI is InChI=1S/C26H33N3O3/c1-25-12-11-22-20(21(25)9-10-24(25)30)8-3-17-13-23-16(14-26(17,22)2)15-28(27-23)18-4-6-19(7-5-18)29(31)32/h4-7,15,17,20-22,24,30H,3,8-14H2,1-2H3/t17-,20-,21-,22-,24-,25-,26-/m0/s1. The molecule has 0 spiro atoms. The fourth-order valence-corrected chi connectivity index (χ4v) is 8.39. The number of rotatable bonds is 2. The van der Waals surface area contributed by atoms with E-state index in [9.17, 15) is 15.2 Å². The second-order valence-corrected chi connectivity index (χ2v) is 11.5. The smallest absolute Gasteiger partial charge is 0.269 e. The van der Waals surface area contributed by atoms with Crippen LogP contribution in [0.3, 0.4) is 0 Å². The molecule has 0 bridgehead atoms. The molecule has 3 saturated carbocycles. The minimum Gasteiger partial charge on any atom is -0.393 e. The van der Waals surface area contributed by atoms with Crippen molar-refractivity contribution in [2.45, 2.75) is 71.3 Å². The summed E-state index contributed by atoms with van der Waals surface area (Å²) in [5.74, 6) is 2.84. The SMILES string of the molecule is C[C@]12Cc3cn(-c4ccc([N+](=O)[O-])cc4)nc3C[C@@H]1CC[C@@H]1[C@@H]2CC[C@]2(C)[C@@H](O)CC[C@@H]12. The molecule has 0 amide bonds. The van der Waals surface area contributed by atoms with E-state index in [1.54, 1.807) is 24.3 Å². The molecule has 1 aromatic heterocycles. The Morgan fingerprint density at radius 1 is 1.06 bits per heavy atom. The van der Waals surface area contributed by atoms with Crippen molar-refractivity contribution in [1.82, 2.24) is 9.78 Å². The molecular formula is C26H33N3O3. The molecule has 6 nitrogen and oxygen atoms in total. The van der Waals surface area contributed by atoms with Crippen molar-refractivity contribution in [2.75, 3.05) is 0 Å². The van der Waals surface area contributed by atoms with E-state index in [1.165, 1.54) is 36.9 Å². The maximum Gasteiger partial charge on any atom is 0.269 e. The Kier molecular flexibility index (Phi) is 4.40. The second-order valence-electron chi connectivity index (χ2n) is 11.5. The Labute approximate surface area is 189 Å². The summed E-state index contributed by atoms with van der Waals surface area (Å²) in [6.45, 7) is 4.89. The molecule has 4 aliphatic carbocycles. The number of hydrogen-bond donors (Lipinski definition) is 1. The normalized spacial score (nSPS) is 40.2. The van der Waals surface area contributed by atoms with Gasteiger partial charge in [-0.1, -0.05) is 13.8 Å². The number of nitro groups is 1. The van der Waals surface area contributed by atoms with Crippen LogP contribution in [-0.2, 0) is 12.8 Å². The summed E-state index contributed by atoms with van der Waals surface area (Å²) in [6, 6.07) is 6.68. The predicted octanol–water partition coefficient (Wildman–Crippen LogP) is 5.10. The second kappa shape index (κ2) is 6.89. The first-order valence-electron chi connectivity index (χ1n) is 12.3. The van der Waals surface area contributed by atoms with Gasteiger partial charge in [-0.3, -0.25) is 10.1 Å². The highest BCUT2D eigenvalue weighted by Crippen LogP contribution is 2.65. The molecule has 6 rings (SSSR count). The number of aliphatic hydroxyl groups is 1. The summed E-state index contributed by atoms with van der Waals surface area (Å²) in [5, 5.41) is 26.6. The van der Waals surface area contributed by atoms with Crippen LogP contribution >= 0.6 is 0 Å². The van der Waals surface area contributed by atoms with Gasteiger partial charge in [-0.2, -0.15) is 5.10 Å². The first-order chi connectivity index (χ1) is 15.3. The highest BCUT2D eigenvalue weighted by molar-refractivity contribution is 5.41. The summed E-state index contributed by atoms with van der Waals surface area (Å²) in [7, 11) is 0. The molecule has 1 aromatic carbocycles. The van der Waals surface area contributed by atoms with Gasteiger partial charge in [0.15, 0.2) is 0 Å². The van der Waals surface area contributed by atoms with Gasteiger partial charge < -0.3 is 5.11 Å². The van der Waals surface area contributed by atoms with E-state index in [0.29, 0.717) is 17.3 Å². The van der Waals surface area contributed by atoms with Crippen LogP contribution in [0.1, 0.15) is 63.6 Å². The topological polar surface area (TPSA) is 81.2 Å². The number of hydrogen-bond acceptors (Lipinski definition) is 4. The first kappa shape index (κ1) is 20.4. The largest absolute Gasteiger partial charge is 0.393 e. The maximum atomic E-state index is 11.0. The lowest BCUT2D eigenvalue weighted by atomic mass is 9.45. The van der Waals surface area contributed by atoms with Gasteiger partial charge in [0.2, 0.25) is 0 Å². The maximum absolute atomic E-state index is 11.0. The van der Waals surface area contributed by atoms with E-state index in [2.05, 4.69) is 20.0 Å². The Hall–Kier alpha value is -2.21. The number of aliphatic hydroxyl groups excluding tert-OH is 1. The Morgan fingerprint density at radius 3 is 2.56 bits per heavy atom. The molecule has 0 aliphatic heterocycles. The van der Waals surface area contributed by atoms with Crippen molar-refractivity contribution in [1.29, 1.82) is 0 Å². The molecule has 6 heteroatoms. The van der Waals surface area contributed by atoms with Crippen LogP contribution in [0, 0.1) is 44.6 Å².